The number of aromatic nitrogens is 1. The van der Waals surface area contributed by atoms with Crippen molar-refractivity contribution in [3.8, 4) is 0 Å². The van der Waals surface area contributed by atoms with Crippen LogP contribution >= 0.6 is 27.3 Å². The molecule has 0 fully saturated rings. The Morgan fingerprint density at radius 3 is 3.00 bits per heavy atom. The molecule has 2 nitrogen and oxygen atoms in total. The van der Waals surface area contributed by atoms with E-state index in [0.29, 0.717) is 9.61 Å². The van der Waals surface area contributed by atoms with E-state index >= 15 is 0 Å². The molecular formula is C5H6BrFN2S. The Hall–Kier alpha value is -0.0000000000000000555. The minimum Gasteiger partial charge on any atom is -0.327 e. The molecule has 1 heterocycles. The maximum atomic E-state index is 12.7. The van der Waals surface area contributed by atoms with Crippen molar-refractivity contribution in [3.05, 3.63) is 15.0 Å². The lowest BCUT2D eigenvalue weighted by molar-refractivity contribution is 0.346. The van der Waals surface area contributed by atoms with Crippen molar-refractivity contribution in [2.24, 2.45) is 5.73 Å². The Labute approximate surface area is 70.4 Å². The largest absolute Gasteiger partial charge is 0.327 e. The summed E-state index contributed by atoms with van der Waals surface area (Å²) in [6.45, 7) is -0.00380. The van der Waals surface area contributed by atoms with Gasteiger partial charge >= 0.3 is 0 Å². The molecule has 1 aromatic rings. The van der Waals surface area contributed by atoms with Crippen LogP contribution in [0.4, 0.5) is 4.39 Å². The predicted molar refractivity (Wildman–Crippen MR) is 42.7 cm³/mol. The number of thiazole rings is 1. The van der Waals surface area contributed by atoms with Gasteiger partial charge in [0.15, 0.2) is 10.1 Å². The Balaban J connectivity index is 2.74. The van der Waals surface area contributed by atoms with Gasteiger partial charge in [0.05, 0.1) is 5.69 Å². The number of halogens is 2. The van der Waals surface area contributed by atoms with Gasteiger partial charge in [-0.2, -0.15) is 0 Å². The maximum Gasteiger partial charge on any atom is 0.159 e. The van der Waals surface area contributed by atoms with Crippen molar-refractivity contribution in [1.29, 1.82) is 0 Å². The van der Waals surface area contributed by atoms with Crippen molar-refractivity contribution in [1.82, 2.24) is 4.98 Å². The molecule has 0 amide bonds. The van der Waals surface area contributed by atoms with Gasteiger partial charge in [-0.25, -0.2) is 9.37 Å². The van der Waals surface area contributed by atoms with Gasteiger partial charge in [0.1, 0.15) is 0 Å². The Morgan fingerprint density at radius 1 is 1.90 bits per heavy atom. The smallest absolute Gasteiger partial charge is 0.159 e. The SMILES string of the molecule is NCC(F)c1csc(Br)n1. The molecule has 1 aromatic heterocycles. The summed E-state index contributed by atoms with van der Waals surface area (Å²) in [6, 6.07) is 0. The summed E-state index contributed by atoms with van der Waals surface area (Å²) >= 11 is 4.49. The summed E-state index contributed by atoms with van der Waals surface area (Å²) in [5.74, 6) is 0. The van der Waals surface area contributed by atoms with E-state index in [0.717, 1.165) is 0 Å². The van der Waals surface area contributed by atoms with Crippen LogP contribution in [-0.4, -0.2) is 11.5 Å². The van der Waals surface area contributed by atoms with E-state index in [9.17, 15) is 4.39 Å². The van der Waals surface area contributed by atoms with E-state index in [1.54, 1.807) is 5.38 Å². The fourth-order valence-electron chi connectivity index (χ4n) is 0.528. The summed E-state index contributed by atoms with van der Waals surface area (Å²) in [4.78, 5) is 3.86. The fraction of sp³-hybridized carbons (Fsp3) is 0.400. The van der Waals surface area contributed by atoms with Gasteiger partial charge < -0.3 is 5.73 Å². The normalized spacial score (nSPS) is 13.5. The van der Waals surface area contributed by atoms with E-state index in [1.807, 2.05) is 0 Å². The van der Waals surface area contributed by atoms with Gasteiger partial charge in [0.2, 0.25) is 0 Å². The van der Waals surface area contributed by atoms with Crippen molar-refractivity contribution < 1.29 is 4.39 Å². The fourth-order valence-corrected chi connectivity index (χ4v) is 1.59. The summed E-state index contributed by atoms with van der Waals surface area (Å²) in [5.41, 5.74) is 5.50. The Kier molecular flexibility index (Phi) is 2.76. The molecule has 56 valence electrons. The van der Waals surface area contributed by atoms with E-state index in [-0.39, 0.29) is 6.54 Å². The second-order valence-electron chi connectivity index (χ2n) is 1.73. The van der Waals surface area contributed by atoms with Gasteiger partial charge in [-0.05, 0) is 15.9 Å². The first kappa shape index (κ1) is 8.10. The molecule has 0 aliphatic heterocycles. The van der Waals surface area contributed by atoms with Crippen LogP contribution in [0.2, 0.25) is 0 Å². The number of rotatable bonds is 2. The van der Waals surface area contributed by atoms with Crippen LogP contribution in [0.5, 0.6) is 0 Å². The van der Waals surface area contributed by atoms with E-state index in [1.165, 1.54) is 11.3 Å². The Bertz CT molecular complexity index is 215. The highest BCUT2D eigenvalue weighted by Crippen LogP contribution is 2.22. The number of hydrogen-bond acceptors (Lipinski definition) is 3. The third-order valence-corrected chi connectivity index (χ3v) is 2.40. The van der Waals surface area contributed by atoms with Crippen LogP contribution in [0.3, 0.4) is 0 Å². The zero-order valence-corrected chi connectivity index (χ0v) is 7.45. The van der Waals surface area contributed by atoms with Gasteiger partial charge in [-0.1, -0.05) is 0 Å². The monoisotopic (exact) mass is 224 g/mol. The van der Waals surface area contributed by atoms with Gasteiger partial charge in [-0.3, -0.25) is 0 Å². The number of nitrogens with two attached hydrogens (primary N) is 1. The highest BCUT2D eigenvalue weighted by Gasteiger charge is 2.09. The molecular weight excluding hydrogens is 219 g/mol. The molecule has 0 saturated carbocycles. The minimum atomic E-state index is -1.12. The molecule has 1 unspecified atom stereocenters. The van der Waals surface area contributed by atoms with Crippen molar-refractivity contribution in [2.75, 3.05) is 6.54 Å². The summed E-state index contributed by atoms with van der Waals surface area (Å²) < 4.78 is 13.4. The van der Waals surface area contributed by atoms with Crippen LogP contribution in [-0.2, 0) is 0 Å². The first-order valence-corrected chi connectivity index (χ1v) is 4.36. The topological polar surface area (TPSA) is 38.9 Å². The molecule has 0 aromatic carbocycles. The highest BCUT2D eigenvalue weighted by molar-refractivity contribution is 9.11. The molecule has 10 heavy (non-hydrogen) atoms. The van der Waals surface area contributed by atoms with E-state index in [4.69, 9.17) is 5.73 Å². The lowest BCUT2D eigenvalue weighted by atomic mass is 10.3. The maximum absolute atomic E-state index is 12.7. The second kappa shape index (κ2) is 3.41. The molecule has 0 bridgehead atoms. The van der Waals surface area contributed by atoms with Crippen molar-refractivity contribution >= 4 is 27.3 Å². The van der Waals surface area contributed by atoms with Gasteiger partial charge in [0.25, 0.3) is 0 Å². The van der Waals surface area contributed by atoms with Crippen LogP contribution in [0.25, 0.3) is 0 Å². The van der Waals surface area contributed by atoms with Crippen LogP contribution < -0.4 is 5.73 Å². The standard InChI is InChI=1S/C5H6BrFN2S/c6-5-9-4(2-10-5)3(7)1-8/h2-3H,1,8H2. The molecule has 5 heteroatoms. The lowest BCUT2D eigenvalue weighted by Crippen LogP contribution is -2.07. The summed E-state index contributed by atoms with van der Waals surface area (Å²) in [6.07, 6.45) is -1.12. The molecule has 1 atom stereocenters. The summed E-state index contributed by atoms with van der Waals surface area (Å²) in [7, 11) is 0. The zero-order chi connectivity index (χ0) is 7.56. The Morgan fingerprint density at radius 2 is 2.60 bits per heavy atom. The van der Waals surface area contributed by atoms with E-state index in [2.05, 4.69) is 20.9 Å². The van der Waals surface area contributed by atoms with Gasteiger partial charge in [-0.15, -0.1) is 11.3 Å². The first-order chi connectivity index (χ1) is 4.74. The van der Waals surface area contributed by atoms with Crippen molar-refractivity contribution in [3.63, 3.8) is 0 Å². The number of nitrogens with zero attached hydrogens (tertiary/aromatic N) is 1. The molecule has 0 radical (unpaired) electrons. The zero-order valence-electron chi connectivity index (χ0n) is 5.05. The third kappa shape index (κ3) is 1.74. The quantitative estimate of drug-likeness (QED) is 0.834. The highest BCUT2D eigenvalue weighted by atomic mass is 79.9. The molecule has 1 rings (SSSR count). The van der Waals surface area contributed by atoms with Crippen LogP contribution in [0, 0.1) is 0 Å². The van der Waals surface area contributed by atoms with Gasteiger partial charge in [0, 0.05) is 11.9 Å². The molecule has 0 aliphatic rings. The molecule has 0 saturated heterocycles. The first-order valence-electron chi connectivity index (χ1n) is 2.69. The third-order valence-electron chi connectivity index (χ3n) is 1.02. The minimum absolute atomic E-state index is 0.00380. The van der Waals surface area contributed by atoms with Crippen LogP contribution in [0.1, 0.15) is 11.9 Å². The van der Waals surface area contributed by atoms with E-state index < -0.39 is 6.17 Å². The molecule has 0 aliphatic carbocycles. The van der Waals surface area contributed by atoms with Crippen molar-refractivity contribution in [2.45, 2.75) is 6.17 Å². The number of alkyl halides is 1. The molecule has 2 N–H and O–H groups in total. The molecule has 0 spiro atoms. The second-order valence-corrected chi connectivity index (χ2v) is 3.86. The number of hydrogen-bond donors (Lipinski definition) is 1. The average molecular weight is 225 g/mol. The lowest BCUT2D eigenvalue weighted by Gasteiger charge is -1.97. The summed E-state index contributed by atoms with van der Waals surface area (Å²) in [5, 5.41) is 1.65. The predicted octanol–water partition coefficient (Wildman–Crippen LogP) is 1.87. The van der Waals surface area contributed by atoms with Crippen LogP contribution in [0.15, 0.2) is 9.30 Å². The average Bonchev–Trinajstić information content (AvgIpc) is 2.34.